The molecule has 4 heteroatoms. The number of carbonyl (C=O) groups excluding carboxylic acids is 1. The zero-order chi connectivity index (χ0) is 17.0. The number of benzene rings is 1. The van der Waals surface area contributed by atoms with Gasteiger partial charge in [-0.25, -0.2) is 0 Å². The van der Waals surface area contributed by atoms with Crippen molar-refractivity contribution in [1.82, 2.24) is 9.88 Å². The maximum atomic E-state index is 12.5. The number of carbonyl (C=O) groups is 1. The van der Waals surface area contributed by atoms with Crippen LogP contribution in [0, 0.1) is 13.8 Å². The van der Waals surface area contributed by atoms with Gasteiger partial charge < -0.3 is 15.0 Å². The van der Waals surface area contributed by atoms with E-state index in [9.17, 15) is 9.90 Å². The molecule has 124 valence electrons. The number of hydrogen-bond donors (Lipinski definition) is 2. The molecule has 2 aromatic rings. The van der Waals surface area contributed by atoms with E-state index in [4.69, 9.17) is 0 Å². The van der Waals surface area contributed by atoms with Crippen molar-refractivity contribution in [2.45, 2.75) is 52.8 Å². The van der Waals surface area contributed by atoms with Gasteiger partial charge in [0.1, 0.15) is 0 Å². The zero-order valence-corrected chi connectivity index (χ0v) is 14.3. The molecule has 1 amide bonds. The zero-order valence-electron chi connectivity index (χ0n) is 14.3. The molecule has 0 saturated carbocycles. The highest BCUT2D eigenvalue weighted by molar-refractivity contribution is 5.95. The third-order valence-corrected chi connectivity index (χ3v) is 4.27. The second kappa shape index (κ2) is 7.47. The normalized spacial score (nSPS) is 13.6. The topological polar surface area (TPSA) is 54.3 Å². The van der Waals surface area contributed by atoms with Crippen LogP contribution in [0.15, 0.2) is 36.4 Å². The minimum Gasteiger partial charge on any atom is -0.388 e. The highest BCUT2D eigenvalue weighted by Gasteiger charge is 2.18. The molecule has 1 aromatic heterocycles. The first-order valence-corrected chi connectivity index (χ1v) is 8.14. The summed E-state index contributed by atoms with van der Waals surface area (Å²) in [5, 5.41) is 13.2. The van der Waals surface area contributed by atoms with Crippen LogP contribution in [0.25, 0.3) is 0 Å². The number of aliphatic hydroxyl groups excluding tert-OH is 1. The van der Waals surface area contributed by atoms with Crippen LogP contribution in [0.3, 0.4) is 0 Å². The van der Waals surface area contributed by atoms with Crippen LogP contribution in [-0.4, -0.2) is 21.6 Å². The van der Waals surface area contributed by atoms with Gasteiger partial charge in [-0.2, -0.15) is 0 Å². The van der Waals surface area contributed by atoms with E-state index >= 15 is 0 Å². The van der Waals surface area contributed by atoms with E-state index < -0.39 is 6.10 Å². The minimum absolute atomic E-state index is 0.0782. The molecule has 2 atom stereocenters. The Kier molecular flexibility index (Phi) is 5.61. The standard InChI is InChI=1S/C19H26N2O2/c1-5-21-14(3)12-17(15(21)4)19(23)20-13(2)11-18(22)16-9-7-6-8-10-16/h6-10,12-13,18,22H,5,11H2,1-4H3,(H,20,23). The average molecular weight is 314 g/mol. The number of nitrogens with one attached hydrogen (secondary N) is 1. The first kappa shape index (κ1) is 17.3. The third kappa shape index (κ3) is 4.02. The van der Waals surface area contributed by atoms with E-state index in [2.05, 4.69) is 16.8 Å². The molecule has 0 radical (unpaired) electrons. The fraction of sp³-hybridized carbons (Fsp3) is 0.421. The van der Waals surface area contributed by atoms with E-state index in [0.29, 0.717) is 12.0 Å². The van der Waals surface area contributed by atoms with Crippen LogP contribution in [0.4, 0.5) is 0 Å². The number of aromatic nitrogens is 1. The van der Waals surface area contributed by atoms with Crippen molar-refractivity contribution in [3.8, 4) is 0 Å². The lowest BCUT2D eigenvalue weighted by Crippen LogP contribution is -2.34. The van der Waals surface area contributed by atoms with Gasteiger partial charge in [-0.1, -0.05) is 30.3 Å². The summed E-state index contributed by atoms with van der Waals surface area (Å²) in [7, 11) is 0. The van der Waals surface area contributed by atoms with Gasteiger partial charge in [-0.05, 0) is 45.7 Å². The minimum atomic E-state index is -0.574. The van der Waals surface area contributed by atoms with Gasteiger partial charge in [0.2, 0.25) is 0 Å². The SMILES string of the molecule is CCn1c(C)cc(C(=O)NC(C)CC(O)c2ccccc2)c1C. The van der Waals surface area contributed by atoms with Gasteiger partial charge >= 0.3 is 0 Å². The first-order valence-electron chi connectivity index (χ1n) is 8.14. The summed E-state index contributed by atoms with van der Waals surface area (Å²) < 4.78 is 2.12. The van der Waals surface area contributed by atoms with Crippen LogP contribution in [0.2, 0.25) is 0 Å². The van der Waals surface area contributed by atoms with Crippen molar-refractivity contribution < 1.29 is 9.90 Å². The van der Waals surface area contributed by atoms with Crippen molar-refractivity contribution in [3.63, 3.8) is 0 Å². The van der Waals surface area contributed by atoms with Crippen molar-refractivity contribution in [1.29, 1.82) is 0 Å². The Hall–Kier alpha value is -2.07. The molecule has 4 nitrogen and oxygen atoms in total. The van der Waals surface area contributed by atoms with Crippen LogP contribution in [-0.2, 0) is 6.54 Å². The summed E-state index contributed by atoms with van der Waals surface area (Å²) in [6.45, 7) is 8.82. The molecule has 1 aromatic carbocycles. The monoisotopic (exact) mass is 314 g/mol. The summed E-state index contributed by atoms with van der Waals surface area (Å²) in [4.78, 5) is 12.5. The molecular formula is C19H26N2O2. The number of aliphatic hydroxyl groups is 1. The molecule has 0 saturated heterocycles. The van der Waals surface area contributed by atoms with Gasteiger partial charge in [0, 0.05) is 24.0 Å². The van der Waals surface area contributed by atoms with E-state index in [1.54, 1.807) is 0 Å². The number of nitrogens with zero attached hydrogens (tertiary/aromatic N) is 1. The molecule has 0 fully saturated rings. The lowest BCUT2D eigenvalue weighted by molar-refractivity contribution is 0.0916. The Bertz CT molecular complexity index is 662. The fourth-order valence-electron chi connectivity index (χ4n) is 3.02. The van der Waals surface area contributed by atoms with Gasteiger partial charge in [0.25, 0.3) is 5.91 Å². The molecule has 0 aliphatic rings. The Balaban J connectivity index is 2.00. The van der Waals surface area contributed by atoms with E-state index in [-0.39, 0.29) is 11.9 Å². The number of hydrogen-bond acceptors (Lipinski definition) is 2. The number of aryl methyl sites for hydroxylation is 1. The van der Waals surface area contributed by atoms with Crippen molar-refractivity contribution in [2.24, 2.45) is 0 Å². The van der Waals surface area contributed by atoms with Crippen LogP contribution >= 0.6 is 0 Å². The molecule has 0 aliphatic heterocycles. The number of amides is 1. The Morgan fingerprint density at radius 1 is 1.26 bits per heavy atom. The molecule has 2 rings (SSSR count). The van der Waals surface area contributed by atoms with Gasteiger partial charge in [0.15, 0.2) is 0 Å². The van der Waals surface area contributed by atoms with Gasteiger partial charge in [-0.3, -0.25) is 4.79 Å². The van der Waals surface area contributed by atoms with Gasteiger partial charge in [0.05, 0.1) is 11.7 Å². The predicted octanol–water partition coefficient (Wildman–Crippen LogP) is 3.37. The van der Waals surface area contributed by atoms with E-state index in [1.807, 2.05) is 57.2 Å². The summed E-state index contributed by atoms with van der Waals surface area (Å²) in [6, 6.07) is 11.3. The predicted molar refractivity (Wildman–Crippen MR) is 92.5 cm³/mol. The highest BCUT2D eigenvalue weighted by Crippen LogP contribution is 2.19. The van der Waals surface area contributed by atoms with Gasteiger partial charge in [-0.15, -0.1) is 0 Å². The molecule has 2 unspecified atom stereocenters. The molecular weight excluding hydrogens is 288 g/mol. The smallest absolute Gasteiger partial charge is 0.253 e. The van der Waals surface area contributed by atoms with E-state index in [0.717, 1.165) is 23.5 Å². The lowest BCUT2D eigenvalue weighted by atomic mass is 10.0. The van der Waals surface area contributed by atoms with Crippen LogP contribution in [0.1, 0.15) is 53.7 Å². The Labute approximate surface area is 138 Å². The Morgan fingerprint density at radius 2 is 1.91 bits per heavy atom. The maximum Gasteiger partial charge on any atom is 0.253 e. The summed E-state index contributed by atoms with van der Waals surface area (Å²) in [6.07, 6.45) is -0.0861. The molecule has 0 aliphatic carbocycles. The average Bonchev–Trinajstić information content (AvgIpc) is 2.82. The summed E-state index contributed by atoms with van der Waals surface area (Å²) in [5.74, 6) is -0.0782. The van der Waals surface area contributed by atoms with Crippen molar-refractivity contribution in [2.75, 3.05) is 0 Å². The third-order valence-electron chi connectivity index (χ3n) is 4.27. The number of rotatable bonds is 6. The highest BCUT2D eigenvalue weighted by atomic mass is 16.3. The lowest BCUT2D eigenvalue weighted by Gasteiger charge is -2.18. The van der Waals surface area contributed by atoms with Crippen molar-refractivity contribution in [3.05, 3.63) is 58.9 Å². The molecule has 1 heterocycles. The second-order valence-electron chi connectivity index (χ2n) is 6.07. The first-order chi connectivity index (χ1) is 10.9. The molecule has 0 bridgehead atoms. The molecule has 0 spiro atoms. The van der Waals surface area contributed by atoms with E-state index in [1.165, 1.54) is 0 Å². The molecule has 2 N–H and O–H groups in total. The van der Waals surface area contributed by atoms with Crippen LogP contribution in [0.5, 0.6) is 0 Å². The van der Waals surface area contributed by atoms with Crippen LogP contribution < -0.4 is 5.32 Å². The van der Waals surface area contributed by atoms with Crippen molar-refractivity contribution >= 4 is 5.91 Å². The quantitative estimate of drug-likeness (QED) is 0.859. The second-order valence-corrected chi connectivity index (χ2v) is 6.07. The maximum absolute atomic E-state index is 12.5. The summed E-state index contributed by atoms with van der Waals surface area (Å²) >= 11 is 0. The fourth-order valence-corrected chi connectivity index (χ4v) is 3.02. The molecule has 23 heavy (non-hydrogen) atoms. The Morgan fingerprint density at radius 3 is 2.48 bits per heavy atom. The largest absolute Gasteiger partial charge is 0.388 e. The summed E-state index contributed by atoms with van der Waals surface area (Å²) in [5.41, 5.74) is 3.66.